The highest BCUT2D eigenvalue weighted by molar-refractivity contribution is 5.03. The third kappa shape index (κ3) is 4.42. The van der Waals surface area contributed by atoms with Gasteiger partial charge in [0.1, 0.15) is 18.6 Å². The number of aromatic nitrogens is 5. The van der Waals surface area contributed by atoms with Crippen molar-refractivity contribution in [3.8, 4) is 0 Å². The molecule has 0 saturated carbocycles. The lowest BCUT2D eigenvalue weighted by Crippen LogP contribution is -2.43. The fraction of sp³-hybridized carbons (Fsp3) is 0.600. The van der Waals surface area contributed by atoms with E-state index < -0.39 is 36.9 Å². The normalized spacial score (nSPS) is 13.7. The molecule has 0 aliphatic carbocycles. The van der Waals surface area contributed by atoms with Gasteiger partial charge in [-0.05, 0) is 6.92 Å². The third-order valence-electron chi connectivity index (χ3n) is 3.91. The van der Waals surface area contributed by atoms with Crippen molar-refractivity contribution in [2.75, 3.05) is 13.7 Å². The number of hydrogen-bond donors (Lipinski definition) is 2. The molecule has 2 rings (SSSR count). The minimum absolute atomic E-state index is 0.00736. The topological polar surface area (TPSA) is 124 Å². The maximum atomic E-state index is 12.7. The predicted octanol–water partition coefficient (Wildman–Crippen LogP) is -1.03. The lowest BCUT2D eigenvalue weighted by atomic mass is 10.2. The highest BCUT2D eigenvalue weighted by Gasteiger charge is 2.19. The molecule has 1 unspecified atom stereocenters. The van der Waals surface area contributed by atoms with Crippen LogP contribution in [-0.2, 0) is 24.5 Å². The molecule has 2 N–H and O–H groups in total. The van der Waals surface area contributed by atoms with E-state index in [2.05, 4.69) is 10.3 Å². The maximum Gasteiger partial charge on any atom is 0.333 e. The van der Waals surface area contributed by atoms with Gasteiger partial charge >= 0.3 is 5.69 Å². The van der Waals surface area contributed by atoms with Crippen LogP contribution in [0.1, 0.15) is 23.9 Å². The van der Waals surface area contributed by atoms with Gasteiger partial charge in [0, 0.05) is 25.3 Å². The molecular weight excluding hydrogens is 349 g/mol. The summed E-state index contributed by atoms with van der Waals surface area (Å²) in [6.45, 7) is 0.493. The van der Waals surface area contributed by atoms with Crippen molar-refractivity contribution < 1.29 is 19.3 Å². The van der Waals surface area contributed by atoms with Crippen LogP contribution in [0, 0.1) is 6.92 Å². The van der Waals surface area contributed by atoms with Crippen LogP contribution in [0.2, 0.25) is 0 Å². The fourth-order valence-corrected chi connectivity index (χ4v) is 2.50. The lowest BCUT2D eigenvalue weighted by Gasteiger charge is -2.22. The smallest absolute Gasteiger partial charge is 0.333 e. The Morgan fingerprint density at radius 2 is 2.04 bits per heavy atom. The van der Waals surface area contributed by atoms with Gasteiger partial charge in [-0.3, -0.25) is 18.6 Å². The van der Waals surface area contributed by atoms with E-state index in [1.54, 1.807) is 6.92 Å². The van der Waals surface area contributed by atoms with Gasteiger partial charge in [-0.1, -0.05) is 5.21 Å². The second-order valence-electron chi connectivity index (χ2n) is 5.83. The molecule has 0 amide bonds. The van der Waals surface area contributed by atoms with Crippen molar-refractivity contribution in [3.05, 3.63) is 44.5 Å². The molecule has 2 atom stereocenters. The first kappa shape index (κ1) is 19.9. The maximum absolute atomic E-state index is 12.7. The van der Waals surface area contributed by atoms with Crippen LogP contribution >= 0.6 is 0 Å². The zero-order chi connectivity index (χ0) is 19.3. The number of hydrogen-bond acceptors (Lipinski definition) is 7. The van der Waals surface area contributed by atoms with Crippen LogP contribution in [0.4, 0.5) is 4.39 Å². The lowest BCUT2D eigenvalue weighted by molar-refractivity contribution is -0.0195. The summed E-state index contributed by atoms with van der Waals surface area (Å²) in [5, 5.41) is 25.9. The second-order valence-corrected chi connectivity index (χ2v) is 5.83. The van der Waals surface area contributed by atoms with Crippen molar-refractivity contribution in [2.24, 2.45) is 0 Å². The van der Waals surface area contributed by atoms with Crippen LogP contribution < -0.4 is 11.2 Å². The Labute approximate surface area is 148 Å². The largest absolute Gasteiger partial charge is 0.394 e. The predicted molar refractivity (Wildman–Crippen MR) is 88.3 cm³/mol. The zero-order valence-corrected chi connectivity index (χ0v) is 14.6. The first-order valence-electron chi connectivity index (χ1n) is 8.00. The van der Waals surface area contributed by atoms with Crippen molar-refractivity contribution in [1.29, 1.82) is 0 Å². The molecule has 2 aromatic rings. The number of rotatable bonds is 9. The Hall–Kier alpha value is -2.37. The number of alkyl halides is 1. The number of aliphatic hydroxyl groups excluding tert-OH is 2. The Morgan fingerprint density at radius 3 is 2.62 bits per heavy atom. The van der Waals surface area contributed by atoms with Crippen LogP contribution in [0.25, 0.3) is 0 Å². The molecule has 0 aromatic carbocycles. The van der Waals surface area contributed by atoms with Gasteiger partial charge in [0.05, 0.1) is 32.0 Å². The van der Waals surface area contributed by atoms with Gasteiger partial charge < -0.3 is 14.9 Å². The van der Waals surface area contributed by atoms with Gasteiger partial charge in [0.25, 0.3) is 5.56 Å². The van der Waals surface area contributed by atoms with Crippen molar-refractivity contribution in [1.82, 2.24) is 24.1 Å². The number of nitrogens with zero attached hydrogens (tertiary/aromatic N) is 5. The summed E-state index contributed by atoms with van der Waals surface area (Å²) in [4.78, 5) is 25.0. The first-order chi connectivity index (χ1) is 12.4. The van der Waals surface area contributed by atoms with E-state index >= 15 is 0 Å². The number of halogens is 1. The third-order valence-corrected chi connectivity index (χ3v) is 3.91. The molecule has 0 radical (unpaired) electrons. The molecule has 0 aliphatic rings. The molecule has 0 fully saturated rings. The van der Waals surface area contributed by atoms with Gasteiger partial charge in [-0.25, -0.2) is 9.18 Å². The molecule has 11 heteroatoms. The summed E-state index contributed by atoms with van der Waals surface area (Å²) in [5.74, 6) is 0. The molecule has 2 aromatic heterocycles. The molecule has 0 spiro atoms. The fourth-order valence-electron chi connectivity index (χ4n) is 2.50. The van der Waals surface area contributed by atoms with Crippen LogP contribution in [-0.4, -0.2) is 54.2 Å². The number of aryl methyl sites for hydroxylation is 2. The molecule has 0 saturated heterocycles. The monoisotopic (exact) mass is 371 g/mol. The van der Waals surface area contributed by atoms with E-state index in [4.69, 9.17) is 9.84 Å². The van der Waals surface area contributed by atoms with E-state index in [0.29, 0.717) is 5.56 Å². The van der Waals surface area contributed by atoms with E-state index in [1.807, 2.05) is 0 Å². The summed E-state index contributed by atoms with van der Waals surface area (Å²) in [6.07, 6.45) is 0.819. The van der Waals surface area contributed by atoms with Gasteiger partial charge in [-0.2, -0.15) is 0 Å². The van der Waals surface area contributed by atoms with E-state index in [0.717, 1.165) is 4.57 Å². The summed E-state index contributed by atoms with van der Waals surface area (Å²) in [7, 11) is 1.36. The second kappa shape index (κ2) is 8.83. The Morgan fingerprint density at radius 1 is 1.31 bits per heavy atom. The minimum Gasteiger partial charge on any atom is -0.394 e. The van der Waals surface area contributed by atoms with Crippen molar-refractivity contribution in [2.45, 2.75) is 45.4 Å². The minimum atomic E-state index is -1.07. The molecule has 2 heterocycles. The van der Waals surface area contributed by atoms with E-state index in [9.17, 15) is 19.1 Å². The average molecular weight is 371 g/mol. The Kier molecular flexibility index (Phi) is 6.77. The average Bonchev–Trinajstić information content (AvgIpc) is 3.10. The summed E-state index contributed by atoms with van der Waals surface area (Å²) in [6, 6.07) is 0. The number of ether oxygens (including phenoxy) is 1. The molecule has 10 nitrogen and oxygen atoms in total. The van der Waals surface area contributed by atoms with Crippen LogP contribution in [0.5, 0.6) is 0 Å². The molecule has 0 bridgehead atoms. The number of methoxy groups -OCH3 is 1. The van der Waals surface area contributed by atoms with Gasteiger partial charge in [0.2, 0.25) is 0 Å². The first-order valence-corrected chi connectivity index (χ1v) is 8.00. The highest BCUT2D eigenvalue weighted by Crippen LogP contribution is 2.12. The highest BCUT2D eigenvalue weighted by atomic mass is 19.1. The Bertz CT molecular complexity index is 846. The summed E-state index contributed by atoms with van der Waals surface area (Å²) >= 11 is 0. The van der Waals surface area contributed by atoms with Crippen molar-refractivity contribution >= 4 is 0 Å². The van der Waals surface area contributed by atoms with Crippen LogP contribution in [0.3, 0.4) is 0 Å². The van der Waals surface area contributed by atoms with E-state index in [-0.39, 0.29) is 25.2 Å². The van der Waals surface area contributed by atoms with Gasteiger partial charge in [0.15, 0.2) is 0 Å². The van der Waals surface area contributed by atoms with E-state index in [1.165, 1.54) is 28.8 Å². The summed E-state index contributed by atoms with van der Waals surface area (Å²) in [5.41, 5.74) is -0.609. The molecule has 0 aliphatic heterocycles. The zero-order valence-electron chi connectivity index (χ0n) is 14.6. The number of aliphatic hydroxyl groups is 2. The van der Waals surface area contributed by atoms with Crippen LogP contribution in [0.15, 0.2) is 22.0 Å². The molecule has 144 valence electrons. The summed E-state index contributed by atoms with van der Waals surface area (Å²) < 4.78 is 21.3. The Balaban J connectivity index is 2.32. The van der Waals surface area contributed by atoms with Crippen molar-refractivity contribution in [3.63, 3.8) is 0 Å². The SMILES string of the molecule is COC(C[C@H](O)CO)n1cc(C)c(=O)n(CCn2cc(CF)nn2)c1=O. The quantitative estimate of drug-likeness (QED) is 0.577. The van der Waals surface area contributed by atoms with Gasteiger partial charge in [-0.15, -0.1) is 5.10 Å². The standard InChI is InChI=1S/C15H22FN5O5/c1-10-7-21(13(26-2)5-12(23)9-22)15(25)20(14(10)24)4-3-19-8-11(6-16)17-18-19/h7-8,12-13,22-23H,3-6,9H2,1-2H3/t12-,13?/m0/s1. The molecular formula is C15H22FN5O5. The molecule has 26 heavy (non-hydrogen) atoms.